The molecule has 152 valence electrons. The maximum Gasteiger partial charge on any atom is 0.410 e. The van der Waals surface area contributed by atoms with E-state index in [1.807, 2.05) is 44.2 Å². The molecule has 1 aromatic carbocycles. The summed E-state index contributed by atoms with van der Waals surface area (Å²) in [4.78, 5) is 38.2. The van der Waals surface area contributed by atoms with Crippen molar-refractivity contribution in [1.82, 2.24) is 10.2 Å². The second-order valence-corrected chi connectivity index (χ2v) is 7.25. The molecule has 1 N–H and O–H groups in total. The van der Waals surface area contributed by atoms with E-state index < -0.39 is 30.4 Å². The van der Waals surface area contributed by atoms with Gasteiger partial charge in [-0.3, -0.25) is 14.5 Å². The molecule has 0 spiro atoms. The van der Waals surface area contributed by atoms with Crippen molar-refractivity contribution in [3.05, 3.63) is 35.9 Å². The van der Waals surface area contributed by atoms with Crippen LogP contribution in [0.5, 0.6) is 0 Å². The van der Waals surface area contributed by atoms with Gasteiger partial charge in [-0.25, -0.2) is 4.79 Å². The predicted octanol–water partition coefficient (Wildman–Crippen LogP) is 1.97. The van der Waals surface area contributed by atoms with Gasteiger partial charge in [-0.15, -0.1) is 0 Å². The van der Waals surface area contributed by atoms with Crippen LogP contribution in [0, 0.1) is 0 Å². The van der Waals surface area contributed by atoms with Crippen LogP contribution in [0.3, 0.4) is 0 Å². The zero-order valence-electron chi connectivity index (χ0n) is 16.1. The topological polar surface area (TPSA) is 94.2 Å². The third-order valence-electron chi connectivity index (χ3n) is 4.69. The van der Waals surface area contributed by atoms with E-state index in [1.54, 1.807) is 0 Å². The Kier molecular flexibility index (Phi) is 6.51. The summed E-state index contributed by atoms with van der Waals surface area (Å²) in [6.45, 7) is 4.26. The van der Waals surface area contributed by atoms with Crippen molar-refractivity contribution in [2.24, 2.45) is 0 Å². The number of hydrogen-bond acceptors (Lipinski definition) is 6. The molecular formula is C20H26N2O6. The van der Waals surface area contributed by atoms with Gasteiger partial charge >= 0.3 is 12.1 Å². The minimum atomic E-state index is -0.809. The molecule has 2 amide bonds. The second-order valence-electron chi connectivity index (χ2n) is 7.25. The Morgan fingerprint density at radius 3 is 2.75 bits per heavy atom. The van der Waals surface area contributed by atoms with Crippen LogP contribution in [0.2, 0.25) is 0 Å². The lowest BCUT2D eigenvalue weighted by atomic mass is 10.1. The summed E-state index contributed by atoms with van der Waals surface area (Å²) in [7, 11) is 0. The number of cyclic esters (lactones) is 1. The Morgan fingerprint density at radius 1 is 1.29 bits per heavy atom. The summed E-state index contributed by atoms with van der Waals surface area (Å²) in [6, 6.07) is 8.18. The Hall–Kier alpha value is -2.61. The highest BCUT2D eigenvalue weighted by Crippen LogP contribution is 2.22. The first-order chi connectivity index (χ1) is 13.4. The van der Waals surface area contributed by atoms with Crippen molar-refractivity contribution < 1.29 is 28.6 Å². The maximum absolute atomic E-state index is 12.7. The Morgan fingerprint density at radius 2 is 2.04 bits per heavy atom. The first-order valence-electron chi connectivity index (χ1n) is 9.56. The monoisotopic (exact) mass is 390 g/mol. The number of carbonyl (C=O) groups excluding carboxylic acids is 3. The number of benzene rings is 1. The lowest BCUT2D eigenvalue weighted by Gasteiger charge is -2.26. The Bertz CT molecular complexity index is 708. The van der Waals surface area contributed by atoms with Crippen molar-refractivity contribution in [2.75, 3.05) is 6.54 Å². The molecule has 8 nitrogen and oxygen atoms in total. The van der Waals surface area contributed by atoms with Gasteiger partial charge in [0, 0.05) is 6.54 Å². The van der Waals surface area contributed by atoms with Crippen molar-refractivity contribution in [2.45, 2.75) is 64.2 Å². The molecule has 3 atom stereocenters. The van der Waals surface area contributed by atoms with Crippen LogP contribution in [-0.2, 0) is 30.4 Å². The average molecular weight is 390 g/mol. The summed E-state index contributed by atoms with van der Waals surface area (Å²) < 4.78 is 16.0. The number of nitrogens with one attached hydrogen (secondary N) is 1. The molecule has 0 unspecified atom stereocenters. The lowest BCUT2D eigenvalue weighted by molar-refractivity contribution is -0.173. The van der Waals surface area contributed by atoms with Gasteiger partial charge in [0.05, 0.1) is 12.5 Å². The number of hydrogen-bond donors (Lipinski definition) is 1. The molecule has 0 aliphatic carbocycles. The molecule has 0 radical (unpaired) electrons. The smallest absolute Gasteiger partial charge is 0.410 e. The van der Waals surface area contributed by atoms with Crippen LogP contribution in [0.4, 0.5) is 4.79 Å². The molecule has 2 aliphatic heterocycles. The molecule has 3 rings (SSSR count). The van der Waals surface area contributed by atoms with Crippen molar-refractivity contribution in [3.63, 3.8) is 0 Å². The molecule has 8 heteroatoms. The van der Waals surface area contributed by atoms with E-state index in [-0.39, 0.29) is 25.0 Å². The normalized spacial score (nSPS) is 24.3. The summed E-state index contributed by atoms with van der Waals surface area (Å²) in [5.41, 5.74) is 0.881. The zero-order chi connectivity index (χ0) is 20.1. The molecule has 2 saturated heterocycles. The first kappa shape index (κ1) is 20.1. The highest BCUT2D eigenvalue weighted by atomic mass is 16.7. The van der Waals surface area contributed by atoms with E-state index in [9.17, 15) is 14.4 Å². The fourth-order valence-electron chi connectivity index (χ4n) is 3.38. The van der Waals surface area contributed by atoms with E-state index in [0.29, 0.717) is 19.4 Å². The minimum absolute atomic E-state index is 0.0499. The van der Waals surface area contributed by atoms with Gasteiger partial charge in [0.1, 0.15) is 18.7 Å². The fourth-order valence-corrected chi connectivity index (χ4v) is 3.38. The minimum Gasteiger partial charge on any atom is -0.445 e. The third-order valence-corrected chi connectivity index (χ3v) is 4.69. The SMILES string of the molecule is CC(C)O[C@H]1OC(=O)C[C@@H]1NC(=O)[C@@H]1CCCN1C(=O)OCc1ccccc1. The number of carbonyl (C=O) groups is 3. The molecule has 28 heavy (non-hydrogen) atoms. The van der Waals surface area contributed by atoms with Crippen molar-refractivity contribution in [3.8, 4) is 0 Å². The van der Waals surface area contributed by atoms with E-state index in [4.69, 9.17) is 14.2 Å². The number of nitrogens with zero attached hydrogens (tertiary/aromatic N) is 1. The maximum atomic E-state index is 12.7. The lowest BCUT2D eigenvalue weighted by Crippen LogP contribution is -2.51. The van der Waals surface area contributed by atoms with Gasteiger partial charge in [0.25, 0.3) is 0 Å². The third kappa shape index (κ3) is 5.01. The second kappa shape index (κ2) is 9.05. The molecule has 0 bridgehead atoms. The van der Waals surface area contributed by atoms with Gasteiger partial charge in [0.2, 0.25) is 12.2 Å². The number of esters is 1. The van der Waals surface area contributed by atoms with E-state index in [0.717, 1.165) is 5.56 Å². The Balaban J connectivity index is 1.56. The number of ether oxygens (including phenoxy) is 3. The van der Waals surface area contributed by atoms with Crippen LogP contribution in [-0.4, -0.2) is 53.9 Å². The molecule has 2 aliphatic rings. The number of amides is 2. The quantitative estimate of drug-likeness (QED) is 0.747. The molecule has 0 saturated carbocycles. The zero-order valence-corrected chi connectivity index (χ0v) is 16.1. The molecule has 2 fully saturated rings. The van der Waals surface area contributed by atoms with Crippen molar-refractivity contribution >= 4 is 18.0 Å². The fraction of sp³-hybridized carbons (Fsp3) is 0.550. The summed E-state index contributed by atoms with van der Waals surface area (Å²) in [5, 5.41) is 2.81. The number of rotatable bonds is 6. The van der Waals surface area contributed by atoms with Crippen molar-refractivity contribution in [1.29, 1.82) is 0 Å². The summed E-state index contributed by atoms with van der Waals surface area (Å²) >= 11 is 0. The molecule has 1 aromatic rings. The van der Waals surface area contributed by atoms with E-state index >= 15 is 0 Å². The van der Waals surface area contributed by atoms with Crippen LogP contribution in [0.1, 0.15) is 38.7 Å². The van der Waals surface area contributed by atoms with Crippen LogP contribution < -0.4 is 5.32 Å². The van der Waals surface area contributed by atoms with Gasteiger partial charge in [0.15, 0.2) is 0 Å². The van der Waals surface area contributed by atoms with Crippen LogP contribution in [0.15, 0.2) is 30.3 Å². The van der Waals surface area contributed by atoms with Crippen LogP contribution >= 0.6 is 0 Å². The highest BCUT2D eigenvalue weighted by molar-refractivity contribution is 5.87. The van der Waals surface area contributed by atoms with Gasteiger partial charge in [-0.1, -0.05) is 30.3 Å². The van der Waals surface area contributed by atoms with Gasteiger partial charge in [-0.05, 0) is 32.3 Å². The predicted molar refractivity (Wildman–Crippen MR) is 99.0 cm³/mol. The van der Waals surface area contributed by atoms with Crippen LogP contribution in [0.25, 0.3) is 0 Å². The average Bonchev–Trinajstić information content (AvgIpc) is 3.27. The molecule has 0 aromatic heterocycles. The molecule has 2 heterocycles. The highest BCUT2D eigenvalue weighted by Gasteiger charge is 2.41. The summed E-state index contributed by atoms with van der Waals surface area (Å²) in [5.74, 6) is -0.740. The Labute approximate surface area is 164 Å². The van der Waals surface area contributed by atoms with Gasteiger partial charge < -0.3 is 19.5 Å². The summed E-state index contributed by atoms with van der Waals surface area (Å²) in [6.07, 6.45) is -0.166. The first-order valence-corrected chi connectivity index (χ1v) is 9.56. The standard InChI is InChI=1S/C20H26N2O6/c1-13(2)27-19-15(11-17(23)28-19)21-18(24)16-9-6-10-22(16)20(25)26-12-14-7-4-3-5-8-14/h3-5,7-8,13,15-16,19H,6,9-12H2,1-2H3,(H,21,24)/t15-,16-,19-/m0/s1. The van der Waals surface area contributed by atoms with E-state index in [1.165, 1.54) is 4.90 Å². The largest absolute Gasteiger partial charge is 0.445 e. The van der Waals surface area contributed by atoms with Gasteiger partial charge in [-0.2, -0.15) is 0 Å². The van der Waals surface area contributed by atoms with E-state index in [2.05, 4.69) is 5.32 Å². The molecular weight excluding hydrogens is 364 g/mol. The number of likely N-dealkylation sites (tertiary alicyclic amines) is 1.